The summed E-state index contributed by atoms with van der Waals surface area (Å²) in [5.74, 6) is -0.0243. The molecular weight excluding hydrogens is 206 g/mol. The first-order chi connectivity index (χ1) is 6.48. The molecule has 2 heterocycles. The second-order valence-corrected chi connectivity index (χ2v) is 4.10. The molecule has 0 unspecified atom stereocenters. The smallest absolute Gasteiger partial charge is 0.345 e. The summed E-state index contributed by atoms with van der Waals surface area (Å²) in [6.45, 7) is 1.70. The minimum atomic E-state index is -3.75. The number of amidine groups is 1. The Bertz CT molecular complexity index is 521. The number of nitrogens with zero attached hydrogens (tertiary/aromatic N) is 3. The van der Waals surface area contributed by atoms with Crippen molar-refractivity contribution in [3.63, 3.8) is 0 Å². The van der Waals surface area contributed by atoms with Crippen LogP contribution in [0.2, 0.25) is 0 Å². The van der Waals surface area contributed by atoms with Crippen LogP contribution in [0.1, 0.15) is 11.4 Å². The molecule has 2 rings (SSSR count). The molecule has 0 spiro atoms. The highest BCUT2D eigenvalue weighted by Crippen LogP contribution is 2.17. The average molecular weight is 213 g/mol. The highest BCUT2D eigenvalue weighted by atomic mass is 32.2. The van der Waals surface area contributed by atoms with E-state index in [-0.39, 0.29) is 17.3 Å². The molecule has 0 fully saturated rings. The number of rotatable bonds is 0. The molecule has 1 aliphatic heterocycles. The van der Waals surface area contributed by atoms with Gasteiger partial charge in [-0.1, -0.05) is 0 Å². The van der Waals surface area contributed by atoms with Gasteiger partial charge in [-0.25, -0.2) is 14.7 Å². The summed E-state index contributed by atoms with van der Waals surface area (Å²) in [7, 11) is -3.75. The number of nitrogens with two attached hydrogens (primary N) is 1. The lowest BCUT2D eigenvalue weighted by atomic mass is 10.3. The fourth-order valence-electron chi connectivity index (χ4n) is 1.05. The van der Waals surface area contributed by atoms with Crippen LogP contribution in [0.15, 0.2) is 10.6 Å². The summed E-state index contributed by atoms with van der Waals surface area (Å²) >= 11 is 0. The second kappa shape index (κ2) is 2.64. The Morgan fingerprint density at radius 1 is 1.50 bits per heavy atom. The fourth-order valence-corrected chi connectivity index (χ4v) is 1.83. The van der Waals surface area contributed by atoms with Crippen molar-refractivity contribution in [2.24, 2.45) is 10.1 Å². The van der Waals surface area contributed by atoms with Gasteiger partial charge in [0.1, 0.15) is 5.69 Å². The Morgan fingerprint density at radius 2 is 2.21 bits per heavy atom. The lowest BCUT2D eigenvalue weighted by molar-refractivity contribution is 0.602. The lowest BCUT2D eigenvalue weighted by Gasteiger charge is -2.13. The summed E-state index contributed by atoms with van der Waals surface area (Å²) in [5, 5.41) is 0. The summed E-state index contributed by atoms with van der Waals surface area (Å²) < 4.78 is 27.6. The van der Waals surface area contributed by atoms with Gasteiger partial charge in [-0.05, 0) is 6.92 Å². The predicted octanol–water partition coefficient (Wildman–Crippen LogP) is -0.839. The van der Waals surface area contributed by atoms with Crippen LogP contribution in [-0.4, -0.2) is 24.2 Å². The number of anilines is 1. The molecule has 7 nitrogen and oxygen atoms in total. The zero-order valence-corrected chi connectivity index (χ0v) is 8.04. The molecule has 0 saturated carbocycles. The first-order valence-corrected chi connectivity index (χ1v) is 5.14. The van der Waals surface area contributed by atoms with Crippen LogP contribution in [-0.2, 0) is 10.2 Å². The molecular formula is C6H7N5O2S. The second-order valence-electron chi connectivity index (χ2n) is 2.76. The Balaban J connectivity index is 2.68. The zero-order chi connectivity index (χ0) is 10.3. The van der Waals surface area contributed by atoms with Crippen LogP contribution < -0.4 is 10.5 Å². The Labute approximate surface area is 80.3 Å². The number of nitrogens with one attached hydrogen (secondary N) is 1. The SMILES string of the molecule is Cc1cnc2c(n1)NS(=O)(=O)N=C2N. The van der Waals surface area contributed by atoms with Gasteiger partial charge >= 0.3 is 10.2 Å². The van der Waals surface area contributed by atoms with Gasteiger partial charge in [-0.15, -0.1) is 4.40 Å². The minimum Gasteiger partial charge on any atom is -0.381 e. The van der Waals surface area contributed by atoms with E-state index in [2.05, 4.69) is 19.1 Å². The summed E-state index contributed by atoms with van der Waals surface area (Å²) in [6.07, 6.45) is 1.49. The number of aryl methyl sites for hydroxylation is 1. The standard InChI is InChI=1S/C6H7N5O2S/c1-3-2-8-4-5(7)10-14(12,13)11-6(4)9-3/h2H,1H3,(H2,7,10)(H,9,11). The van der Waals surface area contributed by atoms with E-state index >= 15 is 0 Å². The largest absolute Gasteiger partial charge is 0.381 e. The van der Waals surface area contributed by atoms with Gasteiger partial charge in [-0.2, -0.15) is 8.42 Å². The highest BCUT2D eigenvalue weighted by Gasteiger charge is 2.23. The molecule has 0 bridgehead atoms. The molecule has 14 heavy (non-hydrogen) atoms. The maximum atomic E-state index is 11.1. The molecule has 1 aromatic heterocycles. The molecule has 0 saturated heterocycles. The molecule has 1 aliphatic rings. The van der Waals surface area contributed by atoms with E-state index in [0.29, 0.717) is 5.69 Å². The molecule has 8 heteroatoms. The van der Waals surface area contributed by atoms with Crippen molar-refractivity contribution in [3.8, 4) is 0 Å². The van der Waals surface area contributed by atoms with Gasteiger partial charge in [0.05, 0.1) is 5.69 Å². The molecule has 1 aromatic rings. The molecule has 3 N–H and O–H groups in total. The summed E-state index contributed by atoms with van der Waals surface area (Å²) in [6, 6.07) is 0. The van der Waals surface area contributed by atoms with Crippen LogP contribution in [0.25, 0.3) is 0 Å². The third kappa shape index (κ3) is 1.39. The Hall–Kier alpha value is -1.70. The van der Waals surface area contributed by atoms with Crippen molar-refractivity contribution in [2.75, 3.05) is 4.72 Å². The van der Waals surface area contributed by atoms with Gasteiger partial charge in [-0.3, -0.25) is 0 Å². The molecule has 74 valence electrons. The van der Waals surface area contributed by atoms with E-state index in [0.717, 1.165) is 0 Å². The van der Waals surface area contributed by atoms with Crippen molar-refractivity contribution in [2.45, 2.75) is 6.92 Å². The van der Waals surface area contributed by atoms with Gasteiger partial charge in [0.2, 0.25) is 0 Å². The van der Waals surface area contributed by atoms with Crippen LogP contribution >= 0.6 is 0 Å². The van der Waals surface area contributed by atoms with Crippen molar-refractivity contribution < 1.29 is 8.42 Å². The minimum absolute atomic E-state index is 0.123. The van der Waals surface area contributed by atoms with Crippen LogP contribution in [0.5, 0.6) is 0 Å². The highest BCUT2D eigenvalue weighted by molar-refractivity contribution is 7.91. The predicted molar refractivity (Wildman–Crippen MR) is 50.0 cm³/mol. The molecule has 0 aromatic carbocycles. The van der Waals surface area contributed by atoms with E-state index in [9.17, 15) is 8.42 Å². The number of hydrogen-bond donors (Lipinski definition) is 2. The monoisotopic (exact) mass is 213 g/mol. The molecule has 0 atom stereocenters. The number of fused-ring (bicyclic) bond motifs is 1. The summed E-state index contributed by atoms with van der Waals surface area (Å²) in [5.41, 5.74) is 6.25. The average Bonchev–Trinajstić information content (AvgIpc) is 2.00. The number of hydrogen-bond acceptors (Lipinski definition) is 5. The third-order valence-corrected chi connectivity index (χ3v) is 2.47. The Morgan fingerprint density at radius 3 is 2.93 bits per heavy atom. The van der Waals surface area contributed by atoms with Crippen molar-refractivity contribution >= 4 is 21.9 Å². The van der Waals surface area contributed by atoms with E-state index in [1.165, 1.54) is 6.20 Å². The summed E-state index contributed by atoms with van der Waals surface area (Å²) in [4.78, 5) is 7.87. The van der Waals surface area contributed by atoms with Crippen LogP contribution in [0.3, 0.4) is 0 Å². The van der Waals surface area contributed by atoms with Gasteiger partial charge in [0.25, 0.3) is 0 Å². The normalized spacial score (nSPS) is 17.9. The van der Waals surface area contributed by atoms with E-state index in [4.69, 9.17) is 5.73 Å². The molecule has 0 aliphatic carbocycles. The van der Waals surface area contributed by atoms with Gasteiger partial charge < -0.3 is 5.73 Å². The van der Waals surface area contributed by atoms with Crippen molar-refractivity contribution in [1.29, 1.82) is 0 Å². The zero-order valence-electron chi connectivity index (χ0n) is 7.22. The molecule has 0 amide bonds. The quantitative estimate of drug-likeness (QED) is 0.583. The van der Waals surface area contributed by atoms with E-state index < -0.39 is 10.2 Å². The lowest BCUT2D eigenvalue weighted by Crippen LogP contribution is -2.28. The van der Waals surface area contributed by atoms with Crippen molar-refractivity contribution in [3.05, 3.63) is 17.6 Å². The van der Waals surface area contributed by atoms with Gasteiger partial charge in [0.15, 0.2) is 11.7 Å². The fraction of sp³-hybridized carbons (Fsp3) is 0.167. The topological polar surface area (TPSA) is 110 Å². The van der Waals surface area contributed by atoms with E-state index in [1.807, 2.05) is 0 Å². The number of aromatic nitrogens is 2. The maximum Gasteiger partial charge on any atom is 0.345 e. The molecule has 0 radical (unpaired) electrons. The van der Waals surface area contributed by atoms with Crippen molar-refractivity contribution in [1.82, 2.24) is 9.97 Å². The van der Waals surface area contributed by atoms with Gasteiger partial charge in [0, 0.05) is 6.20 Å². The first kappa shape index (κ1) is 8.88. The Kier molecular flexibility index (Phi) is 1.68. The third-order valence-electron chi connectivity index (χ3n) is 1.58. The van der Waals surface area contributed by atoms with E-state index in [1.54, 1.807) is 6.92 Å². The maximum absolute atomic E-state index is 11.1. The van der Waals surface area contributed by atoms with Crippen LogP contribution in [0.4, 0.5) is 5.82 Å². The van der Waals surface area contributed by atoms with Crippen LogP contribution in [0, 0.1) is 6.92 Å². The first-order valence-electron chi connectivity index (χ1n) is 3.70.